The van der Waals surface area contributed by atoms with Crippen molar-refractivity contribution >= 4 is 11.8 Å². The van der Waals surface area contributed by atoms with Crippen molar-refractivity contribution in [1.82, 2.24) is 25.0 Å². The van der Waals surface area contributed by atoms with Gasteiger partial charge in [0.15, 0.2) is 5.82 Å². The molecule has 0 aromatic carbocycles. The van der Waals surface area contributed by atoms with Crippen LogP contribution in [0, 0.1) is 0 Å². The molecule has 156 valence electrons. The number of aryl methyl sites for hydroxylation is 1. The lowest BCUT2D eigenvalue weighted by Crippen LogP contribution is -2.47. The first kappa shape index (κ1) is 18.8. The molecule has 8 heteroatoms. The van der Waals surface area contributed by atoms with Gasteiger partial charge in [0, 0.05) is 37.7 Å². The minimum Gasteiger partial charge on any atom is -0.368 e. The van der Waals surface area contributed by atoms with Gasteiger partial charge in [-0.2, -0.15) is 9.97 Å². The molecule has 2 N–H and O–H groups in total. The summed E-state index contributed by atoms with van der Waals surface area (Å²) in [7, 11) is 0. The number of rotatable bonds is 4. The van der Waals surface area contributed by atoms with Gasteiger partial charge in [-0.05, 0) is 38.5 Å². The van der Waals surface area contributed by atoms with E-state index in [2.05, 4.69) is 24.9 Å². The molecule has 1 aliphatic heterocycles. The summed E-state index contributed by atoms with van der Waals surface area (Å²) in [6, 6.07) is 0. The van der Waals surface area contributed by atoms with E-state index in [0.29, 0.717) is 11.9 Å². The maximum atomic E-state index is 6.00. The van der Waals surface area contributed by atoms with Gasteiger partial charge in [-0.25, -0.2) is 4.98 Å². The van der Waals surface area contributed by atoms with E-state index in [-0.39, 0.29) is 0 Å². The Kier molecular flexibility index (Phi) is 5.35. The van der Waals surface area contributed by atoms with Crippen LogP contribution in [0.25, 0.3) is 0 Å². The summed E-state index contributed by atoms with van der Waals surface area (Å²) in [4.78, 5) is 18.6. The maximum Gasteiger partial charge on any atom is 0.229 e. The zero-order valence-corrected chi connectivity index (χ0v) is 17.1. The van der Waals surface area contributed by atoms with Crippen molar-refractivity contribution in [3.8, 4) is 0 Å². The molecule has 0 bridgehead atoms. The monoisotopic (exact) mass is 397 g/mol. The average Bonchev–Trinajstić information content (AvgIpc) is 3.23. The molecule has 0 radical (unpaired) electrons. The van der Waals surface area contributed by atoms with Gasteiger partial charge >= 0.3 is 0 Å². The van der Waals surface area contributed by atoms with E-state index in [0.717, 1.165) is 68.8 Å². The zero-order chi connectivity index (χ0) is 19.6. The molecule has 3 aliphatic rings. The molecule has 2 fully saturated rings. The Bertz CT molecular complexity index is 838. The first-order valence-electron chi connectivity index (χ1n) is 11.2. The molecule has 5 rings (SSSR count). The van der Waals surface area contributed by atoms with E-state index in [1.54, 1.807) is 0 Å². The van der Waals surface area contributed by atoms with Crippen LogP contribution >= 0.6 is 0 Å². The average molecular weight is 398 g/mol. The second-order valence-electron chi connectivity index (χ2n) is 8.68. The van der Waals surface area contributed by atoms with Crippen LogP contribution in [0.3, 0.4) is 0 Å². The fourth-order valence-electron chi connectivity index (χ4n) is 5.02. The Hall–Kier alpha value is -2.22. The molecular formula is C21H31N7O. The van der Waals surface area contributed by atoms with Crippen molar-refractivity contribution in [2.75, 3.05) is 36.8 Å². The van der Waals surface area contributed by atoms with Crippen LogP contribution in [-0.2, 0) is 19.4 Å². The Labute approximate surface area is 171 Å². The number of nitrogens with two attached hydrogens (primary N) is 1. The highest BCUT2D eigenvalue weighted by Crippen LogP contribution is 2.32. The third kappa shape index (κ3) is 4.08. The second kappa shape index (κ2) is 8.26. The Morgan fingerprint density at radius 2 is 1.69 bits per heavy atom. The standard InChI is InChI=1S/C21H31N7O/c22-21-23-17-9-5-4-8-16(17)19(25-21)28-12-10-27(11-13-28)14-18-24-20(29-26-18)15-6-2-1-3-7-15/h15H,1-14H2,(H2,22,23,25). The van der Waals surface area contributed by atoms with Crippen molar-refractivity contribution in [2.24, 2.45) is 0 Å². The smallest absolute Gasteiger partial charge is 0.229 e. The molecule has 0 atom stereocenters. The predicted octanol–water partition coefficient (Wildman–Crippen LogP) is 2.69. The molecule has 2 aliphatic carbocycles. The lowest BCUT2D eigenvalue weighted by Gasteiger charge is -2.36. The molecule has 2 aromatic rings. The molecule has 29 heavy (non-hydrogen) atoms. The molecule has 1 saturated heterocycles. The van der Waals surface area contributed by atoms with Gasteiger partial charge in [-0.3, -0.25) is 4.90 Å². The Morgan fingerprint density at radius 1 is 0.897 bits per heavy atom. The highest BCUT2D eigenvalue weighted by Gasteiger charge is 2.26. The molecule has 8 nitrogen and oxygen atoms in total. The summed E-state index contributed by atoms with van der Waals surface area (Å²) >= 11 is 0. The molecule has 1 saturated carbocycles. The Morgan fingerprint density at radius 3 is 2.52 bits per heavy atom. The largest absolute Gasteiger partial charge is 0.368 e. The highest BCUT2D eigenvalue weighted by molar-refractivity contribution is 5.53. The normalized spacial score (nSPS) is 21.3. The van der Waals surface area contributed by atoms with E-state index in [9.17, 15) is 0 Å². The van der Waals surface area contributed by atoms with Gasteiger partial charge in [-0.15, -0.1) is 0 Å². The molecule has 2 aromatic heterocycles. The summed E-state index contributed by atoms with van der Waals surface area (Å²) in [5.74, 6) is 3.61. The minimum absolute atomic E-state index is 0.408. The zero-order valence-electron chi connectivity index (χ0n) is 17.1. The number of aromatic nitrogens is 4. The number of anilines is 2. The lowest BCUT2D eigenvalue weighted by atomic mass is 9.89. The second-order valence-corrected chi connectivity index (χ2v) is 8.68. The summed E-state index contributed by atoms with van der Waals surface area (Å²) in [6.07, 6.45) is 10.8. The fourth-order valence-corrected chi connectivity index (χ4v) is 5.02. The number of piperazine rings is 1. The van der Waals surface area contributed by atoms with Gasteiger partial charge in [0.2, 0.25) is 11.8 Å². The quantitative estimate of drug-likeness (QED) is 0.841. The van der Waals surface area contributed by atoms with E-state index < -0.39 is 0 Å². The van der Waals surface area contributed by atoms with Gasteiger partial charge in [0.25, 0.3) is 0 Å². The van der Waals surface area contributed by atoms with Crippen LogP contribution in [0.5, 0.6) is 0 Å². The third-order valence-corrected chi connectivity index (χ3v) is 6.65. The number of nitrogens with zero attached hydrogens (tertiary/aromatic N) is 6. The first-order chi connectivity index (χ1) is 14.3. The lowest BCUT2D eigenvalue weighted by molar-refractivity contribution is 0.238. The summed E-state index contributed by atoms with van der Waals surface area (Å²) in [5, 5.41) is 4.25. The SMILES string of the molecule is Nc1nc2c(c(N3CCN(Cc4noc(C5CCCCC5)n4)CC3)n1)CCCC2. The molecule has 0 spiro atoms. The fraction of sp³-hybridized carbons (Fsp3) is 0.714. The third-order valence-electron chi connectivity index (χ3n) is 6.65. The molecular weight excluding hydrogens is 366 g/mol. The number of fused-ring (bicyclic) bond motifs is 1. The number of nitrogen functional groups attached to an aromatic ring is 1. The van der Waals surface area contributed by atoms with Gasteiger partial charge in [0.1, 0.15) is 5.82 Å². The van der Waals surface area contributed by atoms with E-state index in [1.165, 1.54) is 50.5 Å². The predicted molar refractivity (Wildman–Crippen MR) is 111 cm³/mol. The van der Waals surface area contributed by atoms with Crippen LogP contribution in [0.4, 0.5) is 11.8 Å². The highest BCUT2D eigenvalue weighted by atomic mass is 16.5. The van der Waals surface area contributed by atoms with Crippen molar-refractivity contribution in [3.63, 3.8) is 0 Å². The molecule has 0 amide bonds. The Balaban J connectivity index is 1.20. The van der Waals surface area contributed by atoms with Crippen LogP contribution in [0.1, 0.15) is 73.8 Å². The number of hydrogen-bond acceptors (Lipinski definition) is 8. The summed E-state index contributed by atoms with van der Waals surface area (Å²) in [5.41, 5.74) is 8.47. The van der Waals surface area contributed by atoms with E-state index in [1.807, 2.05) is 0 Å². The van der Waals surface area contributed by atoms with Gasteiger partial charge in [0.05, 0.1) is 12.2 Å². The van der Waals surface area contributed by atoms with Crippen LogP contribution in [-0.4, -0.2) is 51.2 Å². The van der Waals surface area contributed by atoms with E-state index >= 15 is 0 Å². The summed E-state index contributed by atoms with van der Waals surface area (Å²) < 4.78 is 5.58. The van der Waals surface area contributed by atoms with Gasteiger partial charge < -0.3 is 15.2 Å². The number of hydrogen-bond donors (Lipinski definition) is 1. The van der Waals surface area contributed by atoms with Crippen molar-refractivity contribution < 1.29 is 4.52 Å². The van der Waals surface area contributed by atoms with Crippen LogP contribution < -0.4 is 10.6 Å². The minimum atomic E-state index is 0.408. The van der Waals surface area contributed by atoms with Crippen molar-refractivity contribution in [1.29, 1.82) is 0 Å². The first-order valence-corrected chi connectivity index (χ1v) is 11.2. The molecule has 3 heterocycles. The van der Waals surface area contributed by atoms with E-state index in [4.69, 9.17) is 15.2 Å². The molecule has 0 unspecified atom stereocenters. The van der Waals surface area contributed by atoms with Crippen molar-refractivity contribution in [2.45, 2.75) is 70.3 Å². The summed E-state index contributed by atoms with van der Waals surface area (Å²) in [6.45, 7) is 4.57. The van der Waals surface area contributed by atoms with Crippen molar-refractivity contribution in [3.05, 3.63) is 23.0 Å². The van der Waals surface area contributed by atoms with Crippen LogP contribution in [0.15, 0.2) is 4.52 Å². The maximum absolute atomic E-state index is 6.00. The van der Waals surface area contributed by atoms with Gasteiger partial charge in [-0.1, -0.05) is 24.4 Å². The van der Waals surface area contributed by atoms with Crippen LogP contribution in [0.2, 0.25) is 0 Å². The topological polar surface area (TPSA) is 97.2 Å².